The minimum atomic E-state index is -0.134. The Morgan fingerprint density at radius 1 is 1.73 bits per heavy atom. The van der Waals surface area contributed by atoms with Crippen LogP contribution >= 0.6 is 22.6 Å². The Balaban J connectivity index is 3.37. The summed E-state index contributed by atoms with van der Waals surface area (Å²) in [4.78, 5) is 11.2. The van der Waals surface area contributed by atoms with E-state index in [0.29, 0.717) is 9.32 Å². The van der Waals surface area contributed by atoms with E-state index in [1.165, 1.54) is 18.0 Å². The van der Waals surface area contributed by atoms with Crippen LogP contribution in [-0.2, 0) is 7.05 Å². The molecular weight excluding hydrogens is 259 g/mol. The van der Waals surface area contributed by atoms with Crippen molar-refractivity contribution in [1.82, 2.24) is 9.78 Å². The zero-order valence-corrected chi connectivity index (χ0v) is 8.32. The molecule has 0 atom stereocenters. The molecule has 1 aromatic rings. The van der Waals surface area contributed by atoms with Gasteiger partial charge < -0.3 is 4.74 Å². The Hall–Kier alpha value is -0.590. The molecule has 1 aromatic heterocycles. The van der Waals surface area contributed by atoms with Crippen LogP contribution in [0.1, 0.15) is 0 Å². The average molecular weight is 266 g/mol. The van der Waals surface area contributed by atoms with E-state index in [2.05, 4.69) is 5.10 Å². The topological polar surface area (TPSA) is 44.1 Å². The summed E-state index contributed by atoms with van der Waals surface area (Å²) in [5, 5.41) is 3.78. The van der Waals surface area contributed by atoms with Crippen molar-refractivity contribution in [2.45, 2.75) is 0 Å². The van der Waals surface area contributed by atoms with Crippen molar-refractivity contribution in [3.63, 3.8) is 0 Å². The first-order valence-electron chi connectivity index (χ1n) is 2.92. The predicted molar refractivity (Wildman–Crippen MR) is 48.7 cm³/mol. The maximum atomic E-state index is 11.2. The third-order valence-corrected chi connectivity index (χ3v) is 2.26. The van der Waals surface area contributed by atoms with Gasteiger partial charge in [-0.3, -0.25) is 4.79 Å². The van der Waals surface area contributed by atoms with E-state index in [-0.39, 0.29) is 5.56 Å². The largest absolute Gasteiger partial charge is 0.494 e. The van der Waals surface area contributed by atoms with Gasteiger partial charge in [-0.05, 0) is 22.6 Å². The van der Waals surface area contributed by atoms with Crippen molar-refractivity contribution in [3.05, 3.63) is 20.1 Å². The van der Waals surface area contributed by atoms with E-state index in [4.69, 9.17) is 4.74 Å². The lowest BCUT2D eigenvalue weighted by Gasteiger charge is -2.01. The summed E-state index contributed by atoms with van der Waals surface area (Å²) in [6.07, 6.45) is 1.52. The van der Waals surface area contributed by atoms with Gasteiger partial charge in [-0.2, -0.15) is 5.10 Å². The second kappa shape index (κ2) is 3.21. The molecule has 60 valence electrons. The minimum absolute atomic E-state index is 0.134. The SMILES string of the molecule is COc1cnn(C)c(=O)c1I. The van der Waals surface area contributed by atoms with E-state index in [1.807, 2.05) is 22.6 Å². The standard InChI is InChI=1S/C6H7IN2O2/c1-9-6(10)5(7)4(11-2)3-8-9/h3H,1-2H3. The smallest absolute Gasteiger partial charge is 0.283 e. The molecule has 5 heteroatoms. The van der Waals surface area contributed by atoms with Gasteiger partial charge in [0.25, 0.3) is 5.56 Å². The zero-order chi connectivity index (χ0) is 8.43. The first kappa shape index (κ1) is 8.51. The number of hydrogen-bond donors (Lipinski definition) is 0. The molecule has 0 fully saturated rings. The van der Waals surface area contributed by atoms with E-state index < -0.39 is 0 Å². The highest BCUT2D eigenvalue weighted by Gasteiger charge is 2.05. The average Bonchev–Trinajstić information content (AvgIpc) is 2.01. The van der Waals surface area contributed by atoms with Crippen LogP contribution in [0.2, 0.25) is 0 Å². The summed E-state index contributed by atoms with van der Waals surface area (Å²) < 4.78 is 6.72. The zero-order valence-electron chi connectivity index (χ0n) is 6.17. The lowest BCUT2D eigenvalue weighted by atomic mass is 10.5. The second-order valence-corrected chi connectivity index (χ2v) is 3.03. The fourth-order valence-corrected chi connectivity index (χ4v) is 1.35. The minimum Gasteiger partial charge on any atom is -0.494 e. The summed E-state index contributed by atoms with van der Waals surface area (Å²) in [6.45, 7) is 0. The summed E-state index contributed by atoms with van der Waals surface area (Å²) >= 11 is 1.93. The van der Waals surface area contributed by atoms with Crippen LogP contribution < -0.4 is 10.3 Å². The number of aromatic nitrogens is 2. The first-order chi connectivity index (χ1) is 5.16. The third-order valence-electron chi connectivity index (χ3n) is 1.27. The number of rotatable bonds is 1. The molecular formula is C6H7IN2O2. The Bertz CT molecular complexity index is 321. The predicted octanol–water partition coefficient (Wildman–Crippen LogP) is 0.394. The highest BCUT2D eigenvalue weighted by Crippen LogP contribution is 2.12. The van der Waals surface area contributed by atoms with E-state index in [1.54, 1.807) is 7.05 Å². The molecule has 0 aliphatic rings. The van der Waals surface area contributed by atoms with Gasteiger partial charge in [0.1, 0.15) is 3.57 Å². The van der Waals surface area contributed by atoms with Crippen molar-refractivity contribution in [2.75, 3.05) is 7.11 Å². The highest BCUT2D eigenvalue weighted by molar-refractivity contribution is 14.1. The van der Waals surface area contributed by atoms with E-state index in [0.717, 1.165) is 0 Å². The normalized spacial score (nSPS) is 9.73. The lowest BCUT2D eigenvalue weighted by Crippen LogP contribution is -2.22. The van der Waals surface area contributed by atoms with Gasteiger partial charge in [0.05, 0.1) is 13.3 Å². The molecule has 1 heterocycles. The number of hydrogen-bond acceptors (Lipinski definition) is 3. The Morgan fingerprint density at radius 3 is 2.91 bits per heavy atom. The van der Waals surface area contributed by atoms with Crippen LogP contribution in [-0.4, -0.2) is 16.9 Å². The summed E-state index contributed by atoms with van der Waals surface area (Å²) in [7, 11) is 3.11. The molecule has 0 bridgehead atoms. The molecule has 0 aromatic carbocycles. The van der Waals surface area contributed by atoms with Gasteiger partial charge in [0.15, 0.2) is 5.75 Å². The van der Waals surface area contributed by atoms with Gasteiger partial charge >= 0.3 is 0 Å². The van der Waals surface area contributed by atoms with Crippen LogP contribution in [0.3, 0.4) is 0 Å². The molecule has 0 N–H and O–H groups in total. The molecule has 1 rings (SSSR count). The van der Waals surface area contributed by atoms with Crippen LogP contribution in [0.5, 0.6) is 5.75 Å². The third kappa shape index (κ3) is 1.52. The van der Waals surface area contributed by atoms with Gasteiger partial charge in [-0.15, -0.1) is 0 Å². The van der Waals surface area contributed by atoms with Crippen molar-refractivity contribution in [3.8, 4) is 5.75 Å². The van der Waals surface area contributed by atoms with Crippen molar-refractivity contribution >= 4 is 22.6 Å². The fourth-order valence-electron chi connectivity index (χ4n) is 0.638. The molecule has 11 heavy (non-hydrogen) atoms. The van der Waals surface area contributed by atoms with Crippen LogP contribution in [0.15, 0.2) is 11.0 Å². The number of halogens is 1. The van der Waals surface area contributed by atoms with Crippen LogP contribution in [0.4, 0.5) is 0 Å². The van der Waals surface area contributed by atoms with Gasteiger partial charge in [-0.25, -0.2) is 4.68 Å². The number of nitrogens with zero attached hydrogens (tertiary/aromatic N) is 2. The second-order valence-electron chi connectivity index (χ2n) is 1.96. The van der Waals surface area contributed by atoms with E-state index >= 15 is 0 Å². The van der Waals surface area contributed by atoms with E-state index in [9.17, 15) is 4.79 Å². The van der Waals surface area contributed by atoms with Gasteiger partial charge in [0.2, 0.25) is 0 Å². The molecule has 0 radical (unpaired) electrons. The molecule has 0 saturated heterocycles. The van der Waals surface area contributed by atoms with Crippen molar-refractivity contribution in [1.29, 1.82) is 0 Å². The quantitative estimate of drug-likeness (QED) is 0.691. The number of ether oxygens (including phenoxy) is 1. The number of methoxy groups -OCH3 is 1. The summed E-state index contributed by atoms with van der Waals surface area (Å²) in [5.41, 5.74) is -0.134. The monoisotopic (exact) mass is 266 g/mol. The molecule has 0 amide bonds. The van der Waals surface area contributed by atoms with Crippen molar-refractivity contribution in [2.24, 2.45) is 7.05 Å². The lowest BCUT2D eigenvalue weighted by molar-refractivity contribution is 0.404. The highest BCUT2D eigenvalue weighted by atomic mass is 127. The maximum Gasteiger partial charge on any atom is 0.283 e. The molecule has 0 aliphatic carbocycles. The molecule has 0 aliphatic heterocycles. The Morgan fingerprint density at radius 2 is 2.36 bits per heavy atom. The molecule has 0 unspecified atom stereocenters. The van der Waals surface area contributed by atoms with Crippen molar-refractivity contribution < 1.29 is 4.74 Å². The maximum absolute atomic E-state index is 11.2. The molecule has 4 nitrogen and oxygen atoms in total. The van der Waals surface area contributed by atoms with Crippen LogP contribution in [0.25, 0.3) is 0 Å². The summed E-state index contributed by atoms with van der Waals surface area (Å²) in [5.74, 6) is 0.522. The summed E-state index contributed by atoms with van der Waals surface area (Å²) in [6, 6.07) is 0. The molecule has 0 spiro atoms. The van der Waals surface area contributed by atoms with Gasteiger partial charge in [0, 0.05) is 7.05 Å². The number of aryl methyl sites for hydroxylation is 1. The van der Waals surface area contributed by atoms with Gasteiger partial charge in [-0.1, -0.05) is 0 Å². The Labute approximate surface area is 77.3 Å². The first-order valence-corrected chi connectivity index (χ1v) is 4.00. The Kier molecular flexibility index (Phi) is 2.48. The van der Waals surface area contributed by atoms with Crippen LogP contribution in [0, 0.1) is 3.57 Å². The molecule has 0 saturated carbocycles. The fraction of sp³-hybridized carbons (Fsp3) is 0.333.